The molecule has 0 aromatic carbocycles. The Morgan fingerprint density at radius 1 is 1.04 bits per heavy atom. The number of anilines is 1. The van der Waals surface area contributed by atoms with Gasteiger partial charge in [0.25, 0.3) is 0 Å². The van der Waals surface area contributed by atoms with Gasteiger partial charge < -0.3 is 14.0 Å². The number of hydrogen-bond acceptors (Lipinski definition) is 7. The number of imide groups is 1. The molecule has 0 atom stereocenters. The van der Waals surface area contributed by atoms with Gasteiger partial charge in [-0.25, -0.2) is 14.6 Å². The van der Waals surface area contributed by atoms with Crippen LogP contribution in [0, 0.1) is 11.3 Å². The molecule has 0 spiro atoms. The molecule has 0 radical (unpaired) electrons. The first-order chi connectivity index (χ1) is 12.0. The van der Waals surface area contributed by atoms with Crippen LogP contribution in [-0.2, 0) is 14.0 Å². The van der Waals surface area contributed by atoms with Crippen molar-refractivity contribution >= 4 is 30.5 Å². The highest BCUT2D eigenvalue weighted by molar-refractivity contribution is 7.69. The van der Waals surface area contributed by atoms with Crippen LogP contribution in [0.3, 0.4) is 0 Å². The van der Waals surface area contributed by atoms with Crippen LogP contribution >= 0.6 is 7.14 Å². The lowest BCUT2D eigenvalue weighted by atomic mass is 10.2. The summed E-state index contributed by atoms with van der Waals surface area (Å²) in [5.41, 5.74) is -1.86. The van der Waals surface area contributed by atoms with E-state index in [0.29, 0.717) is 4.90 Å². The number of nitrogens with zero attached hydrogens (tertiary/aromatic N) is 3. The molecule has 27 heavy (non-hydrogen) atoms. The summed E-state index contributed by atoms with van der Waals surface area (Å²) in [4.78, 5) is 30.0. The first-order valence-corrected chi connectivity index (χ1v) is 10.9. The zero-order valence-electron chi connectivity index (χ0n) is 17.0. The van der Waals surface area contributed by atoms with Gasteiger partial charge in [0.05, 0.1) is 5.69 Å². The van der Waals surface area contributed by atoms with Crippen molar-refractivity contribution in [1.82, 2.24) is 4.98 Å². The molecule has 1 aromatic heterocycles. The molecular weight excluding hydrogens is 369 g/mol. The van der Waals surface area contributed by atoms with E-state index in [9.17, 15) is 19.4 Å². The second-order valence-corrected chi connectivity index (χ2v) is 11.5. The van der Waals surface area contributed by atoms with Crippen LogP contribution in [0.25, 0.3) is 0 Å². The summed E-state index contributed by atoms with van der Waals surface area (Å²) in [6, 6.07) is 4.59. The van der Waals surface area contributed by atoms with Crippen molar-refractivity contribution in [3.8, 4) is 6.07 Å². The number of aromatic nitrogens is 1. The zero-order valence-corrected chi connectivity index (χ0v) is 17.9. The monoisotopic (exact) mass is 395 g/mol. The van der Waals surface area contributed by atoms with E-state index in [2.05, 4.69) is 4.98 Å². The van der Waals surface area contributed by atoms with Gasteiger partial charge >= 0.3 is 12.2 Å². The van der Waals surface area contributed by atoms with Crippen LogP contribution in [0.5, 0.6) is 0 Å². The molecule has 0 saturated carbocycles. The predicted molar refractivity (Wildman–Crippen MR) is 103 cm³/mol. The lowest BCUT2D eigenvalue weighted by molar-refractivity contribution is 0.0430. The highest BCUT2D eigenvalue weighted by Gasteiger charge is 2.35. The summed E-state index contributed by atoms with van der Waals surface area (Å²) < 4.78 is 22.8. The van der Waals surface area contributed by atoms with Crippen molar-refractivity contribution in [2.24, 2.45) is 0 Å². The Morgan fingerprint density at radius 2 is 1.48 bits per heavy atom. The highest BCUT2D eigenvalue weighted by Crippen LogP contribution is 2.35. The highest BCUT2D eigenvalue weighted by atomic mass is 31.2. The average molecular weight is 395 g/mol. The lowest BCUT2D eigenvalue weighted by Crippen LogP contribution is -2.44. The van der Waals surface area contributed by atoms with Gasteiger partial charge in [-0.3, -0.25) is 0 Å². The molecule has 0 aliphatic carbocycles. The average Bonchev–Trinajstić information content (AvgIpc) is 2.42. The van der Waals surface area contributed by atoms with E-state index in [4.69, 9.17) is 9.47 Å². The summed E-state index contributed by atoms with van der Waals surface area (Å²) in [7, 11) is -2.74. The van der Waals surface area contributed by atoms with E-state index in [1.54, 1.807) is 41.5 Å². The van der Waals surface area contributed by atoms with Gasteiger partial charge in [-0.05, 0) is 67.0 Å². The van der Waals surface area contributed by atoms with E-state index in [0.717, 1.165) is 0 Å². The largest absolute Gasteiger partial charge is 0.443 e. The third kappa shape index (κ3) is 6.69. The van der Waals surface area contributed by atoms with Gasteiger partial charge in [0.2, 0.25) is 0 Å². The first-order valence-electron chi connectivity index (χ1n) is 8.28. The number of rotatable bonds is 2. The van der Waals surface area contributed by atoms with E-state index in [1.165, 1.54) is 25.5 Å². The van der Waals surface area contributed by atoms with Gasteiger partial charge in [-0.1, -0.05) is 0 Å². The predicted octanol–water partition coefficient (Wildman–Crippen LogP) is 3.88. The Labute approximate surface area is 159 Å². The van der Waals surface area contributed by atoms with Crippen molar-refractivity contribution in [2.75, 3.05) is 18.2 Å². The van der Waals surface area contributed by atoms with Crippen molar-refractivity contribution in [3.63, 3.8) is 0 Å². The molecule has 0 aliphatic rings. The fourth-order valence-electron chi connectivity index (χ4n) is 1.89. The normalized spacial score (nSPS) is 12.1. The van der Waals surface area contributed by atoms with Crippen molar-refractivity contribution in [1.29, 1.82) is 5.26 Å². The van der Waals surface area contributed by atoms with Gasteiger partial charge in [0.15, 0.2) is 5.69 Å². The summed E-state index contributed by atoms with van der Waals surface area (Å²) >= 11 is 0. The molecule has 1 rings (SSSR count). The standard InChI is InChI=1S/C18H26N3O5P/c1-17(2,3)25-15(22)21(16(23)26-18(4,5)6)13-9-10-14(27(7,8)24)20-12(13)11-19/h9-10H,1-8H3. The van der Waals surface area contributed by atoms with E-state index >= 15 is 0 Å². The maximum atomic E-state index is 12.6. The molecule has 0 fully saturated rings. The van der Waals surface area contributed by atoms with Gasteiger partial charge in [-0.2, -0.15) is 10.2 Å². The van der Waals surface area contributed by atoms with E-state index in [1.807, 2.05) is 6.07 Å². The van der Waals surface area contributed by atoms with Crippen LogP contribution in [0.1, 0.15) is 47.2 Å². The molecule has 0 bridgehead atoms. The molecule has 0 unspecified atom stereocenters. The smallest absolute Gasteiger partial charge is 0.424 e. The second kappa shape index (κ2) is 7.69. The molecule has 8 nitrogen and oxygen atoms in total. The van der Waals surface area contributed by atoms with Crippen LogP contribution in [0.2, 0.25) is 0 Å². The number of nitriles is 1. The number of carbonyl (C=O) groups excluding carboxylic acids is 2. The quantitative estimate of drug-likeness (QED) is 0.699. The summed E-state index contributed by atoms with van der Waals surface area (Å²) in [5, 5.41) is 9.45. The zero-order chi connectivity index (χ0) is 21.2. The minimum atomic E-state index is -2.74. The number of ether oxygens (including phenoxy) is 2. The van der Waals surface area contributed by atoms with Crippen molar-refractivity contribution in [2.45, 2.75) is 52.7 Å². The van der Waals surface area contributed by atoms with Crippen LogP contribution in [0.4, 0.5) is 15.3 Å². The number of hydrogen-bond donors (Lipinski definition) is 0. The fourth-order valence-corrected chi connectivity index (χ4v) is 2.66. The van der Waals surface area contributed by atoms with Crippen LogP contribution < -0.4 is 10.3 Å². The maximum Gasteiger partial charge on any atom is 0.424 e. The number of pyridine rings is 1. The molecule has 0 saturated heterocycles. The number of carbonyl (C=O) groups is 2. The first kappa shape index (κ1) is 22.7. The molecule has 9 heteroatoms. The van der Waals surface area contributed by atoms with Gasteiger partial charge in [0, 0.05) is 0 Å². The number of amides is 2. The van der Waals surface area contributed by atoms with Crippen molar-refractivity contribution in [3.05, 3.63) is 17.8 Å². The summed E-state index contributed by atoms with van der Waals surface area (Å²) in [6.45, 7) is 12.9. The van der Waals surface area contributed by atoms with Gasteiger partial charge in [0.1, 0.15) is 29.8 Å². The Balaban J connectivity index is 3.51. The Kier molecular flexibility index (Phi) is 6.45. The Hall–Kier alpha value is -2.39. The van der Waals surface area contributed by atoms with Crippen LogP contribution in [-0.4, -0.2) is 41.7 Å². The van der Waals surface area contributed by atoms with E-state index < -0.39 is 30.5 Å². The molecule has 1 heterocycles. The minimum Gasteiger partial charge on any atom is -0.443 e. The minimum absolute atomic E-state index is 0.0989. The summed E-state index contributed by atoms with van der Waals surface area (Å²) in [5.74, 6) is 0. The SMILES string of the molecule is CC(C)(C)OC(=O)N(C(=O)OC(C)(C)C)c1ccc(P(C)(C)=O)nc1C#N. The molecule has 2 amide bonds. The van der Waals surface area contributed by atoms with Crippen molar-refractivity contribution < 1.29 is 23.6 Å². The Bertz CT molecular complexity index is 797. The third-order valence-electron chi connectivity index (χ3n) is 2.91. The van der Waals surface area contributed by atoms with Crippen LogP contribution in [0.15, 0.2) is 12.1 Å². The fraction of sp³-hybridized carbons (Fsp3) is 0.556. The third-order valence-corrected chi connectivity index (χ3v) is 4.26. The molecule has 0 N–H and O–H groups in total. The topological polar surface area (TPSA) is 110 Å². The van der Waals surface area contributed by atoms with Gasteiger partial charge in [-0.15, -0.1) is 0 Å². The Morgan fingerprint density at radius 3 is 1.81 bits per heavy atom. The molecule has 148 valence electrons. The van der Waals surface area contributed by atoms with E-state index in [-0.39, 0.29) is 16.8 Å². The molecule has 0 aliphatic heterocycles. The second-order valence-electron chi connectivity index (χ2n) is 8.30. The molecule has 1 aromatic rings. The lowest BCUT2D eigenvalue weighted by Gasteiger charge is -2.28. The summed E-state index contributed by atoms with van der Waals surface area (Å²) in [6.07, 6.45) is -2.00. The molecular formula is C18H26N3O5P. The maximum absolute atomic E-state index is 12.6.